The quantitative estimate of drug-likeness (QED) is 0.747. The summed E-state index contributed by atoms with van der Waals surface area (Å²) in [7, 11) is 0. The molecule has 3 N–H and O–H groups in total. The summed E-state index contributed by atoms with van der Waals surface area (Å²) < 4.78 is 5.55. The Balaban J connectivity index is 1.69. The van der Waals surface area contributed by atoms with Gasteiger partial charge in [-0.25, -0.2) is 0 Å². The van der Waals surface area contributed by atoms with E-state index in [0.717, 1.165) is 16.9 Å². The van der Waals surface area contributed by atoms with E-state index in [-0.39, 0.29) is 11.8 Å². The van der Waals surface area contributed by atoms with Crippen molar-refractivity contribution in [2.45, 2.75) is 45.8 Å². The Kier molecular flexibility index (Phi) is 5.35. The van der Waals surface area contributed by atoms with E-state index in [0.29, 0.717) is 17.4 Å². The van der Waals surface area contributed by atoms with Gasteiger partial charge in [0.05, 0.1) is 5.69 Å². The zero-order valence-corrected chi connectivity index (χ0v) is 16.0. The van der Waals surface area contributed by atoms with E-state index in [2.05, 4.69) is 29.8 Å². The van der Waals surface area contributed by atoms with Crippen LogP contribution < -0.4 is 20.7 Å². The average molecular weight is 367 g/mol. The van der Waals surface area contributed by atoms with Crippen LogP contribution in [0.4, 0.5) is 17.1 Å². The van der Waals surface area contributed by atoms with Crippen molar-refractivity contribution in [2.24, 2.45) is 0 Å². The number of hydrogen-bond donors (Lipinski definition) is 3. The molecule has 0 aliphatic carbocycles. The molecule has 2 aromatic rings. The fourth-order valence-electron chi connectivity index (χ4n) is 2.97. The van der Waals surface area contributed by atoms with Crippen molar-refractivity contribution < 1.29 is 14.3 Å². The molecule has 1 aliphatic rings. The maximum Gasteiger partial charge on any atom is 0.265 e. The minimum absolute atomic E-state index is 0.130. The number of nitrogens with one attached hydrogen (secondary N) is 3. The van der Waals surface area contributed by atoms with Crippen LogP contribution in [-0.2, 0) is 9.59 Å². The highest BCUT2D eigenvalue weighted by Crippen LogP contribution is 2.32. The highest BCUT2D eigenvalue weighted by atomic mass is 16.5. The number of anilines is 3. The molecule has 6 heteroatoms. The zero-order valence-electron chi connectivity index (χ0n) is 16.0. The van der Waals surface area contributed by atoms with Crippen LogP contribution in [0.25, 0.3) is 0 Å². The molecule has 27 heavy (non-hydrogen) atoms. The smallest absolute Gasteiger partial charge is 0.265 e. The number of para-hydroxylation sites is 1. The first kappa shape index (κ1) is 18.8. The van der Waals surface area contributed by atoms with Crippen molar-refractivity contribution in [3.63, 3.8) is 0 Å². The fourth-order valence-corrected chi connectivity index (χ4v) is 2.97. The third kappa shape index (κ3) is 4.22. The molecule has 0 spiro atoms. The van der Waals surface area contributed by atoms with Gasteiger partial charge in [-0.3, -0.25) is 9.59 Å². The second-order valence-electron chi connectivity index (χ2n) is 7.06. The largest absolute Gasteiger partial charge is 0.479 e. The molecule has 0 radical (unpaired) electrons. The molecule has 2 atom stereocenters. The predicted octanol–water partition coefficient (Wildman–Crippen LogP) is 3.97. The van der Waals surface area contributed by atoms with Crippen molar-refractivity contribution in [3.05, 3.63) is 48.0 Å². The number of fused-ring (bicyclic) bond motifs is 1. The standard InChI is InChI=1S/C21H25N3O3/c1-12(2)16-7-5-6-8-17(16)23-20(25)13(3)22-15-9-10-19-18(11-15)24-21(26)14(4)27-19/h5-14,22H,1-4H3,(H,23,25)(H,24,26)/t13-,14-/m0/s1. The summed E-state index contributed by atoms with van der Waals surface area (Å²) in [5, 5.41) is 8.97. The summed E-state index contributed by atoms with van der Waals surface area (Å²) in [5.74, 6) is 0.623. The van der Waals surface area contributed by atoms with E-state index in [4.69, 9.17) is 4.74 Å². The van der Waals surface area contributed by atoms with Gasteiger partial charge in [0, 0.05) is 11.4 Å². The van der Waals surface area contributed by atoms with Crippen LogP contribution in [0.15, 0.2) is 42.5 Å². The van der Waals surface area contributed by atoms with Gasteiger partial charge in [-0.2, -0.15) is 0 Å². The first-order chi connectivity index (χ1) is 12.8. The minimum atomic E-state index is -0.512. The lowest BCUT2D eigenvalue weighted by Crippen LogP contribution is -2.35. The lowest BCUT2D eigenvalue weighted by Gasteiger charge is -2.24. The molecular weight excluding hydrogens is 342 g/mol. The van der Waals surface area contributed by atoms with Gasteiger partial charge in [-0.1, -0.05) is 32.0 Å². The molecule has 0 unspecified atom stereocenters. The van der Waals surface area contributed by atoms with E-state index in [1.165, 1.54) is 0 Å². The highest BCUT2D eigenvalue weighted by Gasteiger charge is 2.24. The van der Waals surface area contributed by atoms with Gasteiger partial charge in [-0.05, 0) is 49.6 Å². The molecule has 2 amide bonds. The van der Waals surface area contributed by atoms with Gasteiger partial charge in [0.2, 0.25) is 5.91 Å². The number of amides is 2. The highest BCUT2D eigenvalue weighted by molar-refractivity contribution is 5.99. The van der Waals surface area contributed by atoms with Crippen LogP contribution in [0, 0.1) is 0 Å². The van der Waals surface area contributed by atoms with E-state index in [1.807, 2.05) is 30.3 Å². The van der Waals surface area contributed by atoms with E-state index < -0.39 is 12.1 Å². The molecule has 0 bridgehead atoms. The van der Waals surface area contributed by atoms with Crippen LogP contribution in [-0.4, -0.2) is 24.0 Å². The molecule has 6 nitrogen and oxygen atoms in total. The number of ether oxygens (including phenoxy) is 1. The number of rotatable bonds is 5. The Morgan fingerprint density at radius 3 is 2.63 bits per heavy atom. The topological polar surface area (TPSA) is 79.5 Å². The summed E-state index contributed by atoms with van der Waals surface area (Å²) in [6.45, 7) is 7.68. The fraction of sp³-hybridized carbons (Fsp3) is 0.333. The Morgan fingerprint density at radius 1 is 1.15 bits per heavy atom. The number of benzene rings is 2. The first-order valence-electron chi connectivity index (χ1n) is 9.13. The van der Waals surface area contributed by atoms with Gasteiger partial charge in [0.15, 0.2) is 6.10 Å². The van der Waals surface area contributed by atoms with E-state index in [1.54, 1.807) is 26.0 Å². The Labute approximate surface area is 159 Å². The third-order valence-corrected chi connectivity index (χ3v) is 4.53. The van der Waals surface area contributed by atoms with Gasteiger partial charge in [0.1, 0.15) is 11.8 Å². The normalized spacial score (nSPS) is 16.8. The maximum atomic E-state index is 12.6. The summed E-state index contributed by atoms with van der Waals surface area (Å²) in [5.41, 5.74) is 3.25. The second-order valence-corrected chi connectivity index (χ2v) is 7.06. The molecular formula is C21H25N3O3. The number of carbonyl (C=O) groups is 2. The minimum Gasteiger partial charge on any atom is -0.479 e. The molecule has 0 saturated carbocycles. The van der Waals surface area contributed by atoms with Crippen molar-refractivity contribution in [1.82, 2.24) is 0 Å². The van der Waals surface area contributed by atoms with Crippen LogP contribution >= 0.6 is 0 Å². The summed E-state index contributed by atoms with van der Waals surface area (Å²) in [4.78, 5) is 24.4. The van der Waals surface area contributed by atoms with Crippen LogP contribution in [0.5, 0.6) is 5.75 Å². The molecule has 1 heterocycles. The lowest BCUT2D eigenvalue weighted by molar-refractivity contribution is -0.122. The van der Waals surface area contributed by atoms with Crippen molar-refractivity contribution in [2.75, 3.05) is 16.0 Å². The molecule has 1 aliphatic heterocycles. The molecule has 2 aromatic carbocycles. The van der Waals surface area contributed by atoms with Crippen LogP contribution in [0.1, 0.15) is 39.2 Å². The van der Waals surface area contributed by atoms with Crippen LogP contribution in [0.3, 0.4) is 0 Å². The average Bonchev–Trinajstić information content (AvgIpc) is 2.63. The summed E-state index contributed by atoms with van der Waals surface area (Å²) in [6.07, 6.45) is -0.512. The number of hydrogen-bond acceptors (Lipinski definition) is 4. The molecule has 142 valence electrons. The summed E-state index contributed by atoms with van der Waals surface area (Å²) in [6, 6.07) is 12.7. The SMILES string of the molecule is CC(C)c1ccccc1NC(=O)[C@H](C)Nc1ccc2c(c1)NC(=O)[C@H](C)O2. The van der Waals surface area contributed by atoms with Gasteiger partial charge in [0.25, 0.3) is 5.91 Å². The monoisotopic (exact) mass is 367 g/mol. The first-order valence-corrected chi connectivity index (χ1v) is 9.13. The lowest BCUT2D eigenvalue weighted by atomic mass is 10.0. The Bertz CT molecular complexity index is 864. The van der Waals surface area contributed by atoms with Crippen molar-refractivity contribution in [1.29, 1.82) is 0 Å². The Morgan fingerprint density at radius 2 is 1.89 bits per heavy atom. The maximum absolute atomic E-state index is 12.6. The third-order valence-electron chi connectivity index (χ3n) is 4.53. The van der Waals surface area contributed by atoms with Crippen LogP contribution in [0.2, 0.25) is 0 Å². The second kappa shape index (κ2) is 7.70. The Hall–Kier alpha value is -3.02. The van der Waals surface area contributed by atoms with Gasteiger partial charge < -0.3 is 20.7 Å². The van der Waals surface area contributed by atoms with Crippen molar-refractivity contribution in [3.8, 4) is 5.75 Å². The van der Waals surface area contributed by atoms with E-state index >= 15 is 0 Å². The van der Waals surface area contributed by atoms with Crippen molar-refractivity contribution >= 4 is 28.9 Å². The molecule has 0 fully saturated rings. The zero-order chi connectivity index (χ0) is 19.6. The van der Waals surface area contributed by atoms with Gasteiger partial charge in [-0.15, -0.1) is 0 Å². The number of carbonyl (C=O) groups excluding carboxylic acids is 2. The van der Waals surface area contributed by atoms with Gasteiger partial charge >= 0.3 is 0 Å². The molecule has 0 saturated heterocycles. The summed E-state index contributed by atoms with van der Waals surface area (Å²) >= 11 is 0. The van der Waals surface area contributed by atoms with E-state index in [9.17, 15) is 9.59 Å². The predicted molar refractivity (Wildman–Crippen MR) is 107 cm³/mol. The molecule has 0 aromatic heterocycles. The molecule has 3 rings (SSSR count).